The van der Waals surface area contributed by atoms with E-state index in [4.69, 9.17) is 10.5 Å². The fourth-order valence-electron chi connectivity index (χ4n) is 2.34. The molecule has 0 aliphatic carbocycles. The molecule has 5 nitrogen and oxygen atoms in total. The highest BCUT2D eigenvalue weighted by molar-refractivity contribution is 5.80. The molecule has 1 aliphatic heterocycles. The second-order valence-corrected chi connectivity index (χ2v) is 4.96. The predicted molar refractivity (Wildman–Crippen MR) is 71.9 cm³/mol. The molecule has 2 atom stereocenters. The minimum atomic E-state index is -0.475. The number of aliphatic hydroxyl groups is 1. The van der Waals surface area contributed by atoms with Gasteiger partial charge >= 0.3 is 0 Å². The molecule has 0 saturated carbocycles. The number of carbonyl (C=O) groups excluding carboxylic acids is 1. The number of hydrogen-bond donors (Lipinski definition) is 2. The van der Waals surface area contributed by atoms with Crippen LogP contribution in [0.2, 0.25) is 0 Å². The number of likely N-dealkylation sites (tertiary alicyclic amines) is 1. The Kier molecular flexibility index (Phi) is 4.39. The Bertz CT molecular complexity index is 433. The standard InChI is InChI=1S/C14H20N2O3/c1-10-2-4-12(5-3-10)19-7-6-16-9-11(17)8-13(16)14(15)18/h2-5,11,13,17H,6-9H2,1H3,(H2,15,18)/t11-,13-/m0/s1. The number of ether oxygens (including phenoxy) is 1. The third kappa shape index (κ3) is 3.68. The van der Waals surface area contributed by atoms with E-state index < -0.39 is 6.10 Å². The van der Waals surface area contributed by atoms with Crippen LogP contribution in [0.4, 0.5) is 0 Å². The van der Waals surface area contributed by atoms with Crippen LogP contribution in [0, 0.1) is 6.92 Å². The Morgan fingerprint density at radius 3 is 2.79 bits per heavy atom. The van der Waals surface area contributed by atoms with Crippen LogP contribution in [0.3, 0.4) is 0 Å². The fourth-order valence-corrected chi connectivity index (χ4v) is 2.34. The summed E-state index contributed by atoms with van der Waals surface area (Å²) in [5, 5.41) is 9.58. The zero-order valence-corrected chi connectivity index (χ0v) is 11.1. The maximum Gasteiger partial charge on any atom is 0.234 e. The molecular weight excluding hydrogens is 244 g/mol. The number of hydrogen-bond acceptors (Lipinski definition) is 4. The van der Waals surface area contributed by atoms with Crippen LogP contribution in [0.5, 0.6) is 5.75 Å². The summed E-state index contributed by atoms with van der Waals surface area (Å²) in [6.45, 7) is 3.55. The quantitative estimate of drug-likeness (QED) is 0.801. The van der Waals surface area contributed by atoms with Gasteiger partial charge in [0.05, 0.1) is 12.1 Å². The molecule has 19 heavy (non-hydrogen) atoms. The van der Waals surface area contributed by atoms with Crippen LogP contribution in [-0.4, -0.2) is 47.8 Å². The maximum absolute atomic E-state index is 11.3. The van der Waals surface area contributed by atoms with Crippen LogP contribution in [0.15, 0.2) is 24.3 Å². The number of aryl methyl sites for hydroxylation is 1. The smallest absolute Gasteiger partial charge is 0.234 e. The first-order valence-corrected chi connectivity index (χ1v) is 6.47. The van der Waals surface area contributed by atoms with E-state index in [2.05, 4.69) is 0 Å². The average Bonchev–Trinajstić information content (AvgIpc) is 2.73. The van der Waals surface area contributed by atoms with Gasteiger partial charge in [0, 0.05) is 13.1 Å². The molecule has 1 aliphatic rings. The van der Waals surface area contributed by atoms with Crippen molar-refractivity contribution >= 4 is 5.91 Å². The second-order valence-electron chi connectivity index (χ2n) is 4.96. The molecule has 1 amide bonds. The second kappa shape index (κ2) is 6.04. The summed E-state index contributed by atoms with van der Waals surface area (Å²) in [6.07, 6.45) is -0.0586. The molecule has 1 fully saturated rings. The Morgan fingerprint density at radius 1 is 1.47 bits per heavy atom. The van der Waals surface area contributed by atoms with Gasteiger partial charge in [-0.1, -0.05) is 17.7 Å². The molecule has 0 spiro atoms. The Hall–Kier alpha value is -1.59. The SMILES string of the molecule is Cc1ccc(OCCN2C[C@@H](O)C[C@H]2C(N)=O)cc1. The number of rotatable bonds is 5. The number of amides is 1. The number of nitrogens with zero attached hydrogens (tertiary/aromatic N) is 1. The van der Waals surface area contributed by atoms with Gasteiger partial charge < -0.3 is 15.6 Å². The molecule has 0 radical (unpaired) electrons. The minimum Gasteiger partial charge on any atom is -0.492 e. The van der Waals surface area contributed by atoms with E-state index in [1.165, 1.54) is 5.56 Å². The monoisotopic (exact) mass is 264 g/mol. The lowest BCUT2D eigenvalue weighted by atomic mass is 10.2. The third-order valence-electron chi connectivity index (χ3n) is 3.38. The summed E-state index contributed by atoms with van der Waals surface area (Å²) in [5.74, 6) is 0.424. The zero-order chi connectivity index (χ0) is 13.8. The van der Waals surface area contributed by atoms with Gasteiger partial charge in [-0.3, -0.25) is 9.69 Å². The van der Waals surface area contributed by atoms with E-state index in [1.807, 2.05) is 36.1 Å². The number of β-amino-alcohol motifs (C(OH)–C–C–N with tert-alkyl or cyclic N) is 1. The van der Waals surface area contributed by atoms with Crippen molar-refractivity contribution in [3.8, 4) is 5.75 Å². The van der Waals surface area contributed by atoms with Crippen LogP contribution < -0.4 is 10.5 Å². The Morgan fingerprint density at radius 2 is 2.16 bits per heavy atom. The Labute approximate surface area is 113 Å². The molecule has 1 aromatic carbocycles. The largest absolute Gasteiger partial charge is 0.492 e. The van der Waals surface area contributed by atoms with Gasteiger partial charge in [-0.05, 0) is 25.5 Å². The van der Waals surface area contributed by atoms with E-state index in [0.29, 0.717) is 26.1 Å². The first-order chi connectivity index (χ1) is 9.06. The van der Waals surface area contributed by atoms with Gasteiger partial charge in [0.2, 0.25) is 5.91 Å². The molecule has 2 rings (SSSR count). The summed E-state index contributed by atoms with van der Waals surface area (Å²) in [7, 11) is 0. The number of primary amides is 1. The van der Waals surface area contributed by atoms with E-state index in [0.717, 1.165) is 5.75 Å². The van der Waals surface area contributed by atoms with Crippen molar-refractivity contribution < 1.29 is 14.6 Å². The van der Waals surface area contributed by atoms with Crippen molar-refractivity contribution in [3.05, 3.63) is 29.8 Å². The highest BCUT2D eigenvalue weighted by Gasteiger charge is 2.34. The van der Waals surface area contributed by atoms with Gasteiger partial charge in [0.25, 0.3) is 0 Å². The molecule has 3 N–H and O–H groups in total. The van der Waals surface area contributed by atoms with Gasteiger partial charge in [-0.15, -0.1) is 0 Å². The van der Waals surface area contributed by atoms with Crippen LogP contribution in [-0.2, 0) is 4.79 Å². The molecule has 0 bridgehead atoms. The molecule has 1 aromatic rings. The highest BCUT2D eigenvalue weighted by atomic mass is 16.5. The van der Waals surface area contributed by atoms with Crippen molar-refractivity contribution in [2.75, 3.05) is 19.7 Å². The van der Waals surface area contributed by atoms with Crippen molar-refractivity contribution in [2.45, 2.75) is 25.5 Å². The van der Waals surface area contributed by atoms with E-state index in [9.17, 15) is 9.90 Å². The van der Waals surface area contributed by atoms with Crippen molar-refractivity contribution in [2.24, 2.45) is 5.73 Å². The third-order valence-corrected chi connectivity index (χ3v) is 3.38. The summed E-state index contributed by atoms with van der Waals surface area (Å²) in [5.41, 5.74) is 6.50. The highest BCUT2D eigenvalue weighted by Crippen LogP contribution is 2.17. The van der Waals surface area contributed by atoms with E-state index in [-0.39, 0.29) is 11.9 Å². The summed E-state index contributed by atoms with van der Waals surface area (Å²) in [6, 6.07) is 7.43. The van der Waals surface area contributed by atoms with Crippen molar-refractivity contribution in [1.29, 1.82) is 0 Å². The minimum absolute atomic E-state index is 0.378. The van der Waals surface area contributed by atoms with Crippen LogP contribution in [0.1, 0.15) is 12.0 Å². The van der Waals surface area contributed by atoms with Crippen molar-refractivity contribution in [1.82, 2.24) is 4.90 Å². The lowest BCUT2D eigenvalue weighted by molar-refractivity contribution is -0.122. The van der Waals surface area contributed by atoms with E-state index >= 15 is 0 Å². The first-order valence-electron chi connectivity index (χ1n) is 6.47. The number of aliphatic hydroxyl groups excluding tert-OH is 1. The number of nitrogens with two attached hydrogens (primary N) is 1. The van der Waals surface area contributed by atoms with Gasteiger partial charge in [-0.25, -0.2) is 0 Å². The van der Waals surface area contributed by atoms with Gasteiger partial charge in [0.15, 0.2) is 0 Å². The molecule has 1 saturated heterocycles. The lowest BCUT2D eigenvalue weighted by Gasteiger charge is -2.21. The Balaban J connectivity index is 1.81. The van der Waals surface area contributed by atoms with Gasteiger partial charge in [-0.2, -0.15) is 0 Å². The molecule has 0 aromatic heterocycles. The normalized spacial score (nSPS) is 23.5. The molecule has 1 heterocycles. The van der Waals surface area contributed by atoms with E-state index in [1.54, 1.807) is 0 Å². The summed E-state index contributed by atoms with van der Waals surface area (Å²) < 4.78 is 5.61. The predicted octanol–water partition coefficient (Wildman–Crippen LogP) is 0.294. The lowest BCUT2D eigenvalue weighted by Crippen LogP contribution is -2.42. The fraction of sp³-hybridized carbons (Fsp3) is 0.500. The number of carbonyl (C=O) groups is 1. The average molecular weight is 264 g/mol. The van der Waals surface area contributed by atoms with Crippen LogP contribution in [0.25, 0.3) is 0 Å². The number of benzene rings is 1. The van der Waals surface area contributed by atoms with Gasteiger partial charge in [0.1, 0.15) is 12.4 Å². The summed E-state index contributed by atoms with van der Waals surface area (Å²) in [4.78, 5) is 13.1. The maximum atomic E-state index is 11.3. The topological polar surface area (TPSA) is 75.8 Å². The molecule has 104 valence electrons. The van der Waals surface area contributed by atoms with Crippen molar-refractivity contribution in [3.63, 3.8) is 0 Å². The summed E-state index contributed by atoms with van der Waals surface area (Å²) >= 11 is 0. The molecular formula is C14H20N2O3. The van der Waals surface area contributed by atoms with Crippen LogP contribution >= 0.6 is 0 Å². The first kappa shape index (κ1) is 13.8. The zero-order valence-electron chi connectivity index (χ0n) is 11.1. The molecule has 5 heteroatoms. The molecule has 0 unspecified atom stereocenters.